The Balaban J connectivity index is 1.92. The number of aromatic nitrogens is 2. The van der Waals surface area contributed by atoms with Gasteiger partial charge in [-0.1, -0.05) is 12.1 Å². The number of para-hydroxylation sites is 1. The highest BCUT2D eigenvalue weighted by Crippen LogP contribution is 2.35. The van der Waals surface area contributed by atoms with Crippen molar-refractivity contribution in [3.8, 4) is 5.75 Å². The monoisotopic (exact) mass is 343 g/mol. The number of nitrogens with zero attached hydrogens (tertiary/aromatic N) is 3. The molecular weight excluding hydrogens is 331 g/mol. The van der Waals surface area contributed by atoms with Gasteiger partial charge >= 0.3 is 11.9 Å². The van der Waals surface area contributed by atoms with Gasteiger partial charge in [0.15, 0.2) is 0 Å². The van der Waals surface area contributed by atoms with Gasteiger partial charge < -0.3 is 15.8 Å². The van der Waals surface area contributed by atoms with Crippen molar-refractivity contribution in [3.63, 3.8) is 0 Å². The maximum absolute atomic E-state index is 12.8. The van der Waals surface area contributed by atoms with E-state index in [0.29, 0.717) is 0 Å². The van der Waals surface area contributed by atoms with Crippen LogP contribution in [-0.4, -0.2) is 28.0 Å². The summed E-state index contributed by atoms with van der Waals surface area (Å²) in [5, 5.41) is 13.2. The molecule has 0 aliphatic carbocycles. The van der Waals surface area contributed by atoms with Crippen LogP contribution in [0.3, 0.4) is 0 Å². The standard InChI is InChI=1S/C13H12F3N5O3/c14-13(15,16)8-3-1-2-4-10(8)24-6-5-18-12-19-7-9(21(22)23)11(17)20-12/h1-4,7H,5-6H2,(H3,17,18,19,20). The fourth-order valence-corrected chi connectivity index (χ4v) is 1.77. The van der Waals surface area contributed by atoms with Crippen LogP contribution in [0.25, 0.3) is 0 Å². The number of hydrogen-bond acceptors (Lipinski definition) is 7. The van der Waals surface area contributed by atoms with Crippen LogP contribution in [0.15, 0.2) is 30.5 Å². The molecule has 0 unspecified atom stereocenters. The Bertz CT molecular complexity index is 739. The van der Waals surface area contributed by atoms with Crippen LogP contribution in [0.5, 0.6) is 5.75 Å². The van der Waals surface area contributed by atoms with E-state index in [1.54, 1.807) is 0 Å². The molecule has 0 saturated carbocycles. The van der Waals surface area contributed by atoms with Crippen molar-refractivity contribution in [2.75, 3.05) is 24.2 Å². The lowest BCUT2D eigenvalue weighted by Gasteiger charge is -2.13. The van der Waals surface area contributed by atoms with Crippen molar-refractivity contribution < 1.29 is 22.8 Å². The molecule has 0 spiro atoms. The number of rotatable bonds is 6. The Morgan fingerprint density at radius 1 is 1.33 bits per heavy atom. The van der Waals surface area contributed by atoms with Gasteiger partial charge in [0.25, 0.3) is 0 Å². The molecule has 1 aromatic heterocycles. The zero-order valence-electron chi connectivity index (χ0n) is 12.1. The molecular formula is C13H12F3N5O3. The Morgan fingerprint density at radius 3 is 2.67 bits per heavy atom. The second-order valence-electron chi connectivity index (χ2n) is 4.49. The van der Waals surface area contributed by atoms with Gasteiger partial charge in [0.05, 0.1) is 17.0 Å². The first kappa shape index (κ1) is 17.2. The third kappa shape index (κ3) is 4.21. The van der Waals surface area contributed by atoms with E-state index >= 15 is 0 Å². The first-order valence-electron chi connectivity index (χ1n) is 6.59. The number of ether oxygens (including phenoxy) is 1. The Labute approximate surface area is 133 Å². The Kier molecular flexibility index (Phi) is 5.02. The zero-order chi connectivity index (χ0) is 17.7. The van der Waals surface area contributed by atoms with Crippen molar-refractivity contribution in [1.29, 1.82) is 0 Å². The average molecular weight is 343 g/mol. The molecule has 2 aromatic rings. The molecule has 8 nitrogen and oxygen atoms in total. The van der Waals surface area contributed by atoms with Gasteiger partial charge in [-0.15, -0.1) is 0 Å². The van der Waals surface area contributed by atoms with Gasteiger partial charge in [-0.25, -0.2) is 4.98 Å². The van der Waals surface area contributed by atoms with Crippen molar-refractivity contribution in [1.82, 2.24) is 9.97 Å². The van der Waals surface area contributed by atoms with E-state index in [1.165, 1.54) is 18.2 Å². The number of hydrogen-bond donors (Lipinski definition) is 2. The fourth-order valence-electron chi connectivity index (χ4n) is 1.77. The molecule has 128 valence electrons. The third-order valence-electron chi connectivity index (χ3n) is 2.83. The highest BCUT2D eigenvalue weighted by atomic mass is 19.4. The number of nitrogen functional groups attached to an aromatic ring is 1. The van der Waals surface area contributed by atoms with Crippen molar-refractivity contribution in [2.24, 2.45) is 0 Å². The van der Waals surface area contributed by atoms with Crippen LogP contribution in [0, 0.1) is 10.1 Å². The van der Waals surface area contributed by atoms with Gasteiger partial charge in [-0.2, -0.15) is 18.2 Å². The highest BCUT2D eigenvalue weighted by molar-refractivity contribution is 5.53. The molecule has 1 aromatic carbocycles. The minimum atomic E-state index is -4.51. The molecule has 0 atom stereocenters. The molecule has 1 heterocycles. The van der Waals surface area contributed by atoms with E-state index in [2.05, 4.69) is 15.3 Å². The number of alkyl halides is 3. The molecule has 3 N–H and O–H groups in total. The third-order valence-corrected chi connectivity index (χ3v) is 2.83. The number of nitro groups is 1. The van der Waals surface area contributed by atoms with E-state index in [-0.39, 0.29) is 30.7 Å². The fraction of sp³-hybridized carbons (Fsp3) is 0.231. The lowest BCUT2D eigenvalue weighted by atomic mass is 10.2. The molecule has 11 heteroatoms. The van der Waals surface area contributed by atoms with Crippen LogP contribution in [-0.2, 0) is 6.18 Å². The van der Waals surface area contributed by atoms with Gasteiger partial charge in [0.2, 0.25) is 11.8 Å². The van der Waals surface area contributed by atoms with Crippen molar-refractivity contribution >= 4 is 17.5 Å². The topological polar surface area (TPSA) is 116 Å². The zero-order valence-corrected chi connectivity index (χ0v) is 12.1. The summed E-state index contributed by atoms with van der Waals surface area (Å²) in [6, 6.07) is 4.83. The highest BCUT2D eigenvalue weighted by Gasteiger charge is 2.33. The minimum absolute atomic E-state index is 0.00538. The first-order chi connectivity index (χ1) is 11.3. The number of anilines is 2. The van der Waals surface area contributed by atoms with Crippen molar-refractivity contribution in [2.45, 2.75) is 6.18 Å². The molecule has 0 amide bonds. The smallest absolute Gasteiger partial charge is 0.419 e. The largest absolute Gasteiger partial charge is 0.491 e. The molecule has 0 bridgehead atoms. The summed E-state index contributed by atoms with van der Waals surface area (Å²) in [4.78, 5) is 17.2. The summed E-state index contributed by atoms with van der Waals surface area (Å²) in [6.45, 7) is -0.0310. The molecule has 0 aliphatic heterocycles. The van der Waals surface area contributed by atoms with Gasteiger partial charge in [0, 0.05) is 0 Å². The number of benzene rings is 1. The van der Waals surface area contributed by atoms with E-state index in [9.17, 15) is 23.3 Å². The summed E-state index contributed by atoms with van der Waals surface area (Å²) < 4.78 is 43.5. The van der Waals surface area contributed by atoms with Crippen LogP contribution in [0.4, 0.5) is 30.6 Å². The molecule has 0 radical (unpaired) electrons. The van der Waals surface area contributed by atoms with Crippen LogP contribution in [0.1, 0.15) is 5.56 Å². The number of nitrogens with one attached hydrogen (secondary N) is 1. The quantitative estimate of drug-likeness (QED) is 0.470. The normalized spacial score (nSPS) is 11.1. The van der Waals surface area contributed by atoms with E-state index < -0.39 is 22.4 Å². The summed E-state index contributed by atoms with van der Waals surface area (Å²) in [5.74, 6) is -0.609. The Morgan fingerprint density at radius 2 is 2.04 bits per heavy atom. The predicted octanol–water partition coefficient (Wildman–Crippen LogP) is 2.48. The maximum atomic E-state index is 12.8. The lowest BCUT2D eigenvalue weighted by Crippen LogP contribution is -2.16. The van der Waals surface area contributed by atoms with Crippen LogP contribution < -0.4 is 15.8 Å². The average Bonchev–Trinajstić information content (AvgIpc) is 2.50. The summed E-state index contributed by atoms with van der Waals surface area (Å²) in [7, 11) is 0. The first-order valence-corrected chi connectivity index (χ1v) is 6.59. The second-order valence-corrected chi connectivity index (χ2v) is 4.49. The van der Waals surface area contributed by atoms with Gasteiger partial charge in [0.1, 0.15) is 18.6 Å². The second kappa shape index (κ2) is 6.98. The summed E-state index contributed by atoms with van der Waals surface area (Å²) in [6.07, 6.45) is -3.58. The molecule has 0 saturated heterocycles. The van der Waals surface area contributed by atoms with E-state index in [4.69, 9.17) is 10.5 Å². The van der Waals surface area contributed by atoms with Gasteiger partial charge in [-0.3, -0.25) is 10.1 Å². The molecule has 24 heavy (non-hydrogen) atoms. The summed E-state index contributed by atoms with van der Waals surface area (Å²) >= 11 is 0. The SMILES string of the molecule is Nc1nc(NCCOc2ccccc2C(F)(F)F)ncc1[N+](=O)[O-]. The molecule has 2 rings (SSSR count). The van der Waals surface area contributed by atoms with Crippen LogP contribution >= 0.6 is 0 Å². The number of nitrogens with two attached hydrogens (primary N) is 1. The molecule has 0 aliphatic rings. The van der Waals surface area contributed by atoms with Gasteiger partial charge in [-0.05, 0) is 12.1 Å². The van der Waals surface area contributed by atoms with E-state index in [0.717, 1.165) is 12.3 Å². The lowest BCUT2D eigenvalue weighted by molar-refractivity contribution is -0.384. The number of halogens is 3. The Hall–Kier alpha value is -3.11. The predicted molar refractivity (Wildman–Crippen MR) is 78.5 cm³/mol. The maximum Gasteiger partial charge on any atom is 0.419 e. The minimum Gasteiger partial charge on any atom is -0.491 e. The summed E-state index contributed by atoms with van der Waals surface area (Å²) in [5.41, 5.74) is 4.09. The van der Waals surface area contributed by atoms with Crippen molar-refractivity contribution in [3.05, 3.63) is 46.1 Å². The van der Waals surface area contributed by atoms with E-state index in [1.807, 2.05) is 0 Å². The van der Waals surface area contributed by atoms with Crippen LogP contribution in [0.2, 0.25) is 0 Å². The molecule has 0 fully saturated rings.